The van der Waals surface area contributed by atoms with E-state index < -0.39 is 5.25 Å². The van der Waals surface area contributed by atoms with E-state index in [2.05, 4.69) is 10.3 Å². The van der Waals surface area contributed by atoms with Crippen LogP contribution in [0.5, 0.6) is 5.75 Å². The Kier molecular flexibility index (Phi) is 7.41. The van der Waals surface area contributed by atoms with E-state index in [9.17, 15) is 14.0 Å². The van der Waals surface area contributed by atoms with Crippen LogP contribution in [0.15, 0.2) is 71.0 Å². The minimum atomic E-state index is -0.598. The lowest BCUT2D eigenvalue weighted by atomic mass is 10.2. The zero-order valence-corrected chi connectivity index (χ0v) is 19.5. The monoisotopic (exact) mass is 483 g/mol. The van der Waals surface area contributed by atoms with Crippen LogP contribution < -0.4 is 10.1 Å². The zero-order chi connectivity index (χ0) is 23.2. The van der Waals surface area contributed by atoms with Crippen LogP contribution in [0.25, 0.3) is 0 Å². The van der Waals surface area contributed by atoms with Gasteiger partial charge in [-0.15, -0.1) is 11.3 Å². The summed E-state index contributed by atoms with van der Waals surface area (Å²) in [6.45, 7) is 2.79. The molecule has 3 aromatic rings. The molecular weight excluding hydrogens is 461 g/mol. The molecule has 2 heterocycles. The van der Waals surface area contributed by atoms with Crippen LogP contribution in [0.1, 0.15) is 18.2 Å². The van der Waals surface area contributed by atoms with Crippen molar-refractivity contribution < 1.29 is 18.7 Å². The van der Waals surface area contributed by atoms with Crippen molar-refractivity contribution in [3.8, 4) is 5.75 Å². The average molecular weight is 484 g/mol. The number of benzene rings is 2. The fourth-order valence-corrected chi connectivity index (χ4v) is 5.12. The largest absolute Gasteiger partial charge is 0.494 e. The van der Waals surface area contributed by atoms with Gasteiger partial charge in [0, 0.05) is 23.1 Å². The summed E-state index contributed by atoms with van der Waals surface area (Å²) in [6.07, 6.45) is 0.00570. The first-order chi connectivity index (χ1) is 16.0. The molecule has 170 valence electrons. The third kappa shape index (κ3) is 6.00. The highest BCUT2D eigenvalue weighted by Gasteiger charge is 2.39. The maximum absolute atomic E-state index is 13.3. The molecule has 1 aliphatic rings. The number of hydrogen-bond acceptors (Lipinski definition) is 6. The third-order valence-corrected chi connectivity index (χ3v) is 6.80. The molecule has 0 bridgehead atoms. The Hall–Kier alpha value is -3.17. The Morgan fingerprint density at radius 1 is 1.18 bits per heavy atom. The highest BCUT2D eigenvalue weighted by atomic mass is 32.2. The van der Waals surface area contributed by atoms with E-state index >= 15 is 0 Å². The molecule has 1 aliphatic heterocycles. The van der Waals surface area contributed by atoms with E-state index in [1.807, 2.05) is 30.5 Å². The Balaban J connectivity index is 1.49. The molecule has 9 heteroatoms. The Bertz CT molecular complexity index is 1150. The number of amides is 2. The van der Waals surface area contributed by atoms with E-state index in [1.54, 1.807) is 46.6 Å². The Morgan fingerprint density at radius 2 is 2.00 bits per heavy atom. The van der Waals surface area contributed by atoms with Gasteiger partial charge >= 0.3 is 0 Å². The summed E-state index contributed by atoms with van der Waals surface area (Å²) in [5, 5.41) is 4.68. The van der Waals surface area contributed by atoms with Crippen LogP contribution in [-0.2, 0) is 16.1 Å². The highest BCUT2D eigenvalue weighted by molar-refractivity contribution is 8.15. The minimum absolute atomic E-state index is 0.00570. The van der Waals surface area contributed by atoms with Crippen LogP contribution in [0.3, 0.4) is 0 Å². The van der Waals surface area contributed by atoms with Crippen LogP contribution in [-0.4, -0.2) is 33.7 Å². The lowest BCUT2D eigenvalue weighted by Gasteiger charge is -2.15. The smallest absolute Gasteiger partial charge is 0.243 e. The molecule has 1 atom stereocenters. The first-order valence-electron chi connectivity index (χ1n) is 10.4. The third-order valence-electron chi connectivity index (χ3n) is 4.77. The number of hydrogen-bond donors (Lipinski definition) is 1. The SMILES string of the molecule is CCOc1cccc(NC(=O)C[C@H]2SC(=Nc3ccc(F)cc3)N(Cc3cccs3)C2=O)c1. The topological polar surface area (TPSA) is 71.0 Å². The molecule has 0 radical (unpaired) electrons. The molecule has 4 rings (SSSR count). The van der Waals surface area contributed by atoms with Gasteiger partial charge in [-0.05, 0) is 54.8 Å². The number of halogens is 1. The molecule has 2 aromatic carbocycles. The van der Waals surface area contributed by atoms with Gasteiger partial charge in [0.25, 0.3) is 0 Å². The first kappa shape index (κ1) is 23.0. The van der Waals surface area contributed by atoms with Crippen molar-refractivity contribution >= 4 is 51.5 Å². The molecule has 1 N–H and O–H groups in total. The molecule has 0 spiro atoms. The molecule has 0 aliphatic carbocycles. The summed E-state index contributed by atoms with van der Waals surface area (Å²) < 4.78 is 18.7. The molecule has 1 saturated heterocycles. The molecule has 0 unspecified atom stereocenters. The van der Waals surface area contributed by atoms with Crippen LogP contribution in [0, 0.1) is 5.82 Å². The summed E-state index contributed by atoms with van der Waals surface area (Å²) in [4.78, 5) is 33.0. The van der Waals surface area contributed by atoms with Gasteiger partial charge in [-0.1, -0.05) is 23.9 Å². The first-order valence-corrected chi connectivity index (χ1v) is 12.1. The lowest BCUT2D eigenvalue weighted by molar-refractivity contribution is -0.128. The maximum Gasteiger partial charge on any atom is 0.243 e. The standard InChI is InChI=1S/C24H22FN3O3S2/c1-2-31-19-6-3-5-18(13-19)26-22(29)14-21-23(30)28(15-20-7-4-12-32-20)24(33-21)27-17-10-8-16(25)9-11-17/h3-13,21H,2,14-15H2,1H3,(H,26,29)/t21-/m1/s1. The van der Waals surface area contributed by atoms with Crippen molar-refractivity contribution in [2.75, 3.05) is 11.9 Å². The maximum atomic E-state index is 13.3. The molecule has 33 heavy (non-hydrogen) atoms. The molecular formula is C24H22FN3O3S2. The average Bonchev–Trinajstić information content (AvgIpc) is 3.40. The summed E-state index contributed by atoms with van der Waals surface area (Å²) in [5.41, 5.74) is 1.15. The van der Waals surface area contributed by atoms with Gasteiger partial charge in [0.15, 0.2) is 5.17 Å². The van der Waals surface area contributed by atoms with Crippen molar-refractivity contribution in [2.24, 2.45) is 4.99 Å². The number of rotatable bonds is 8. The molecule has 1 fully saturated rings. The van der Waals surface area contributed by atoms with Crippen LogP contribution in [0.4, 0.5) is 15.8 Å². The van der Waals surface area contributed by atoms with Crippen molar-refractivity contribution in [2.45, 2.75) is 25.1 Å². The quantitative estimate of drug-likeness (QED) is 0.463. The number of nitrogens with zero attached hydrogens (tertiary/aromatic N) is 2. The number of ether oxygens (including phenoxy) is 1. The van der Waals surface area contributed by atoms with Gasteiger partial charge in [0.05, 0.1) is 18.8 Å². The van der Waals surface area contributed by atoms with E-state index in [0.717, 1.165) is 4.88 Å². The lowest BCUT2D eigenvalue weighted by Crippen LogP contribution is -2.32. The Morgan fingerprint density at radius 3 is 2.73 bits per heavy atom. The molecule has 2 amide bonds. The van der Waals surface area contributed by atoms with E-state index in [-0.39, 0.29) is 24.1 Å². The molecule has 0 saturated carbocycles. The van der Waals surface area contributed by atoms with Crippen LogP contribution in [0.2, 0.25) is 0 Å². The normalized spacial score (nSPS) is 16.9. The number of carbonyl (C=O) groups is 2. The van der Waals surface area contributed by atoms with E-state index in [1.165, 1.54) is 23.9 Å². The molecule has 6 nitrogen and oxygen atoms in total. The van der Waals surface area contributed by atoms with Crippen molar-refractivity contribution in [3.05, 3.63) is 76.7 Å². The van der Waals surface area contributed by atoms with Crippen molar-refractivity contribution in [3.63, 3.8) is 0 Å². The second-order valence-electron chi connectivity index (χ2n) is 7.19. The summed E-state index contributed by atoms with van der Waals surface area (Å²) >= 11 is 2.80. The number of amidine groups is 1. The van der Waals surface area contributed by atoms with Crippen molar-refractivity contribution in [1.29, 1.82) is 0 Å². The predicted molar refractivity (Wildman–Crippen MR) is 131 cm³/mol. The summed E-state index contributed by atoms with van der Waals surface area (Å²) in [5.74, 6) is -0.133. The van der Waals surface area contributed by atoms with Gasteiger partial charge in [0.1, 0.15) is 16.8 Å². The number of carbonyl (C=O) groups excluding carboxylic acids is 2. The molecule has 1 aromatic heterocycles. The van der Waals surface area contributed by atoms with E-state index in [4.69, 9.17) is 4.74 Å². The number of nitrogens with one attached hydrogen (secondary N) is 1. The summed E-state index contributed by atoms with van der Waals surface area (Å²) in [7, 11) is 0. The fourth-order valence-electron chi connectivity index (χ4n) is 3.27. The fraction of sp³-hybridized carbons (Fsp3) is 0.208. The minimum Gasteiger partial charge on any atom is -0.494 e. The van der Waals surface area contributed by atoms with Gasteiger partial charge in [-0.3, -0.25) is 14.5 Å². The zero-order valence-electron chi connectivity index (χ0n) is 17.9. The number of thiophene rings is 1. The number of anilines is 1. The predicted octanol–water partition coefficient (Wildman–Crippen LogP) is 5.45. The number of thioether (sulfide) groups is 1. The Labute approximate surface area is 199 Å². The number of aliphatic imine (C=N–C) groups is 1. The highest BCUT2D eigenvalue weighted by Crippen LogP contribution is 2.33. The van der Waals surface area contributed by atoms with Gasteiger partial charge in [0.2, 0.25) is 11.8 Å². The second kappa shape index (κ2) is 10.6. The van der Waals surface area contributed by atoms with Gasteiger partial charge in [-0.2, -0.15) is 0 Å². The van der Waals surface area contributed by atoms with Crippen LogP contribution >= 0.6 is 23.1 Å². The van der Waals surface area contributed by atoms with Gasteiger partial charge in [-0.25, -0.2) is 9.38 Å². The summed E-state index contributed by atoms with van der Waals surface area (Å²) in [6, 6.07) is 16.8. The van der Waals surface area contributed by atoms with E-state index in [0.29, 0.717) is 35.4 Å². The van der Waals surface area contributed by atoms with Gasteiger partial charge < -0.3 is 10.1 Å². The van der Waals surface area contributed by atoms with Crippen molar-refractivity contribution in [1.82, 2.24) is 4.90 Å². The second-order valence-corrected chi connectivity index (χ2v) is 9.40.